The molecule has 23 heavy (non-hydrogen) atoms. The van der Waals surface area contributed by atoms with Gasteiger partial charge in [-0.05, 0) is 44.0 Å². The van der Waals surface area contributed by atoms with Gasteiger partial charge in [-0.1, -0.05) is 0 Å². The SMILES string of the molecule is Cc1c(C[C@H](C)N)sc2c(NCc3ccco3)cc(C#N)nc12. The Bertz CT molecular complexity index is 859. The number of furan rings is 1. The molecule has 3 aromatic heterocycles. The van der Waals surface area contributed by atoms with Crippen molar-refractivity contribution in [2.24, 2.45) is 5.73 Å². The first-order valence-electron chi connectivity index (χ1n) is 7.43. The van der Waals surface area contributed by atoms with E-state index in [2.05, 4.69) is 16.4 Å². The zero-order valence-corrected chi connectivity index (χ0v) is 13.9. The lowest BCUT2D eigenvalue weighted by Crippen LogP contribution is -2.17. The number of hydrogen-bond donors (Lipinski definition) is 2. The van der Waals surface area contributed by atoms with Gasteiger partial charge in [-0.2, -0.15) is 5.26 Å². The molecular formula is C17H18N4OS. The van der Waals surface area contributed by atoms with Gasteiger partial charge in [0.2, 0.25) is 0 Å². The lowest BCUT2D eigenvalue weighted by Gasteiger charge is -2.06. The molecule has 0 amide bonds. The van der Waals surface area contributed by atoms with Crippen molar-refractivity contribution in [3.05, 3.63) is 46.4 Å². The minimum Gasteiger partial charge on any atom is -0.467 e. The summed E-state index contributed by atoms with van der Waals surface area (Å²) in [6.07, 6.45) is 2.46. The van der Waals surface area contributed by atoms with Crippen LogP contribution in [-0.4, -0.2) is 11.0 Å². The molecule has 3 aromatic rings. The minimum absolute atomic E-state index is 0.0942. The van der Waals surface area contributed by atoms with Crippen LogP contribution < -0.4 is 11.1 Å². The van der Waals surface area contributed by atoms with Crippen LogP contribution in [0, 0.1) is 18.3 Å². The van der Waals surface area contributed by atoms with Gasteiger partial charge in [-0.3, -0.25) is 0 Å². The van der Waals surface area contributed by atoms with E-state index in [1.807, 2.05) is 26.0 Å². The van der Waals surface area contributed by atoms with Crippen LogP contribution >= 0.6 is 11.3 Å². The van der Waals surface area contributed by atoms with Crippen LogP contribution in [0.1, 0.15) is 28.8 Å². The Balaban J connectivity index is 2.02. The number of fused-ring (bicyclic) bond motifs is 1. The first-order valence-corrected chi connectivity index (χ1v) is 8.25. The number of aromatic nitrogens is 1. The first-order chi connectivity index (χ1) is 11.1. The third-order valence-electron chi connectivity index (χ3n) is 3.63. The number of pyridine rings is 1. The number of nitriles is 1. The predicted molar refractivity (Wildman–Crippen MR) is 92.5 cm³/mol. The van der Waals surface area contributed by atoms with Crippen molar-refractivity contribution >= 4 is 27.2 Å². The molecule has 0 spiro atoms. The Morgan fingerprint density at radius 2 is 2.35 bits per heavy atom. The third-order valence-corrected chi connectivity index (χ3v) is 4.96. The van der Waals surface area contributed by atoms with Gasteiger partial charge in [0.15, 0.2) is 0 Å². The summed E-state index contributed by atoms with van der Waals surface area (Å²) in [5.41, 5.74) is 9.25. The van der Waals surface area contributed by atoms with Crippen molar-refractivity contribution in [1.29, 1.82) is 5.26 Å². The number of anilines is 1. The zero-order valence-electron chi connectivity index (χ0n) is 13.1. The van der Waals surface area contributed by atoms with Gasteiger partial charge in [0.1, 0.15) is 17.5 Å². The van der Waals surface area contributed by atoms with Gasteiger partial charge < -0.3 is 15.5 Å². The molecule has 118 valence electrons. The number of thiophene rings is 1. The van der Waals surface area contributed by atoms with E-state index in [4.69, 9.17) is 10.2 Å². The highest BCUT2D eigenvalue weighted by atomic mass is 32.1. The van der Waals surface area contributed by atoms with E-state index >= 15 is 0 Å². The fourth-order valence-corrected chi connectivity index (χ4v) is 3.87. The van der Waals surface area contributed by atoms with Crippen LogP contribution in [0.3, 0.4) is 0 Å². The van der Waals surface area contributed by atoms with Crippen LogP contribution in [-0.2, 0) is 13.0 Å². The van der Waals surface area contributed by atoms with Crippen LogP contribution in [0.25, 0.3) is 10.2 Å². The molecule has 3 heterocycles. The van der Waals surface area contributed by atoms with E-state index in [1.54, 1.807) is 23.7 Å². The molecule has 0 bridgehead atoms. The lowest BCUT2D eigenvalue weighted by atomic mass is 10.1. The maximum atomic E-state index is 9.24. The van der Waals surface area contributed by atoms with E-state index in [0.717, 1.165) is 33.6 Å². The highest BCUT2D eigenvalue weighted by molar-refractivity contribution is 7.19. The molecule has 0 aromatic carbocycles. The number of nitrogens with two attached hydrogens (primary N) is 1. The maximum absolute atomic E-state index is 9.24. The average molecular weight is 326 g/mol. The Hall–Kier alpha value is -2.36. The Morgan fingerprint density at radius 1 is 1.52 bits per heavy atom. The van der Waals surface area contributed by atoms with Crippen molar-refractivity contribution in [3.63, 3.8) is 0 Å². The van der Waals surface area contributed by atoms with Crippen LogP contribution in [0.2, 0.25) is 0 Å². The number of hydrogen-bond acceptors (Lipinski definition) is 6. The fraction of sp³-hybridized carbons (Fsp3) is 0.294. The second kappa shape index (κ2) is 6.41. The van der Waals surface area contributed by atoms with Crippen molar-refractivity contribution in [2.45, 2.75) is 32.9 Å². The summed E-state index contributed by atoms with van der Waals surface area (Å²) in [4.78, 5) is 5.69. The number of aryl methyl sites for hydroxylation is 1. The second-order valence-electron chi connectivity index (χ2n) is 5.61. The number of nitrogens with zero attached hydrogens (tertiary/aromatic N) is 2. The van der Waals surface area contributed by atoms with Crippen LogP contribution in [0.5, 0.6) is 0 Å². The molecule has 6 heteroatoms. The molecule has 0 saturated carbocycles. The van der Waals surface area contributed by atoms with Crippen LogP contribution in [0.4, 0.5) is 5.69 Å². The fourth-order valence-electron chi connectivity index (χ4n) is 2.49. The van der Waals surface area contributed by atoms with Crippen molar-refractivity contribution < 1.29 is 4.42 Å². The van der Waals surface area contributed by atoms with Gasteiger partial charge in [0, 0.05) is 10.9 Å². The van der Waals surface area contributed by atoms with E-state index in [9.17, 15) is 5.26 Å². The Labute approximate surface area is 138 Å². The molecule has 3 N–H and O–H groups in total. The summed E-state index contributed by atoms with van der Waals surface area (Å²) in [6.45, 7) is 4.60. The Kier molecular flexibility index (Phi) is 4.33. The van der Waals surface area contributed by atoms with Gasteiger partial charge >= 0.3 is 0 Å². The van der Waals surface area contributed by atoms with Gasteiger partial charge in [-0.15, -0.1) is 11.3 Å². The molecule has 0 aliphatic carbocycles. The summed E-state index contributed by atoms with van der Waals surface area (Å²) < 4.78 is 6.41. The quantitative estimate of drug-likeness (QED) is 0.748. The van der Waals surface area contributed by atoms with E-state index in [0.29, 0.717) is 12.2 Å². The van der Waals surface area contributed by atoms with Crippen LogP contribution in [0.15, 0.2) is 28.9 Å². The highest BCUT2D eigenvalue weighted by Gasteiger charge is 2.16. The standard InChI is InChI=1S/C17H18N4OS/c1-10(19)6-15-11(2)16-17(23-15)14(7-12(8-18)21-16)20-9-13-4-3-5-22-13/h3-5,7,10H,6,9,19H2,1-2H3,(H,20,21)/t10-/m0/s1. The lowest BCUT2D eigenvalue weighted by molar-refractivity contribution is 0.518. The Morgan fingerprint density at radius 3 is 3.00 bits per heavy atom. The summed E-state index contributed by atoms with van der Waals surface area (Å²) in [6, 6.07) is 7.79. The van der Waals surface area contributed by atoms with E-state index in [1.165, 1.54) is 4.88 Å². The largest absolute Gasteiger partial charge is 0.467 e. The highest BCUT2D eigenvalue weighted by Crippen LogP contribution is 2.36. The molecule has 0 fully saturated rings. The maximum Gasteiger partial charge on any atom is 0.143 e. The first kappa shape index (κ1) is 15.5. The molecule has 0 radical (unpaired) electrons. The topological polar surface area (TPSA) is 87.9 Å². The van der Waals surface area contributed by atoms with Gasteiger partial charge in [-0.25, -0.2) is 4.98 Å². The summed E-state index contributed by atoms with van der Waals surface area (Å²) in [5, 5.41) is 12.6. The molecule has 5 nitrogen and oxygen atoms in total. The summed E-state index contributed by atoms with van der Waals surface area (Å²) in [7, 11) is 0. The van der Waals surface area contributed by atoms with Crippen molar-refractivity contribution in [3.8, 4) is 6.07 Å². The summed E-state index contributed by atoms with van der Waals surface area (Å²) >= 11 is 1.69. The monoisotopic (exact) mass is 326 g/mol. The van der Waals surface area contributed by atoms with E-state index in [-0.39, 0.29) is 6.04 Å². The molecular weight excluding hydrogens is 308 g/mol. The van der Waals surface area contributed by atoms with Crippen molar-refractivity contribution in [2.75, 3.05) is 5.32 Å². The average Bonchev–Trinajstić information content (AvgIpc) is 3.14. The number of rotatable bonds is 5. The molecule has 3 rings (SSSR count). The second-order valence-corrected chi connectivity index (χ2v) is 6.71. The van der Waals surface area contributed by atoms with Gasteiger partial charge in [0.05, 0.1) is 28.7 Å². The molecule has 0 aliphatic rings. The number of nitrogens with one attached hydrogen (secondary N) is 1. The molecule has 0 unspecified atom stereocenters. The molecule has 1 atom stereocenters. The smallest absolute Gasteiger partial charge is 0.143 e. The molecule has 0 aliphatic heterocycles. The van der Waals surface area contributed by atoms with Crippen molar-refractivity contribution in [1.82, 2.24) is 4.98 Å². The predicted octanol–water partition coefficient (Wildman–Crippen LogP) is 3.57. The summed E-state index contributed by atoms with van der Waals surface area (Å²) in [5.74, 6) is 0.845. The zero-order chi connectivity index (χ0) is 16.4. The van der Waals surface area contributed by atoms with Gasteiger partial charge in [0.25, 0.3) is 0 Å². The van der Waals surface area contributed by atoms with E-state index < -0.39 is 0 Å². The third kappa shape index (κ3) is 3.21. The normalized spacial score (nSPS) is 12.3. The molecule has 0 saturated heterocycles. The minimum atomic E-state index is 0.0942.